The number of hydrogen-bond donors (Lipinski definition) is 1. The number of H-pyrrole nitrogens is 1. The Morgan fingerprint density at radius 2 is 2.06 bits per heavy atom. The maximum absolute atomic E-state index is 12.3. The number of benzene rings is 1. The molecule has 0 aliphatic carbocycles. The fourth-order valence-corrected chi connectivity index (χ4v) is 2.20. The predicted octanol–water partition coefficient (Wildman–Crippen LogP) is 3.19. The van der Waals surface area contributed by atoms with E-state index in [0.29, 0.717) is 5.39 Å². The summed E-state index contributed by atoms with van der Waals surface area (Å²) in [6, 6.07) is 5.62. The van der Waals surface area contributed by atoms with Gasteiger partial charge in [0, 0.05) is 22.2 Å². The Hall–Kier alpha value is -1.77. The van der Waals surface area contributed by atoms with Crippen molar-refractivity contribution in [3.8, 4) is 5.75 Å². The molecule has 18 heavy (non-hydrogen) atoms. The highest BCUT2D eigenvalue weighted by Crippen LogP contribution is 2.19. The topological polar surface area (TPSA) is 42.1 Å². The summed E-state index contributed by atoms with van der Waals surface area (Å²) in [5, 5.41) is 0.704. The molecule has 96 valence electrons. The molecule has 0 bridgehead atoms. The van der Waals surface area contributed by atoms with Crippen LogP contribution in [0.15, 0.2) is 23.0 Å². The summed E-state index contributed by atoms with van der Waals surface area (Å²) >= 11 is 0. The standard InChI is InChI=1S/C15H19NO2/c1-5-12-10(4)16-14-7-6-11(18-9(2)3)8-13(14)15(12)17/h6-9H,5H2,1-4H3,(H,16,17). The number of rotatable bonds is 3. The molecule has 0 saturated heterocycles. The summed E-state index contributed by atoms with van der Waals surface area (Å²) in [5.41, 5.74) is 2.78. The second kappa shape index (κ2) is 4.84. The molecule has 0 atom stereocenters. The van der Waals surface area contributed by atoms with Crippen molar-refractivity contribution in [1.82, 2.24) is 4.98 Å². The van der Waals surface area contributed by atoms with Gasteiger partial charge in [-0.15, -0.1) is 0 Å². The first-order valence-corrected chi connectivity index (χ1v) is 6.35. The van der Waals surface area contributed by atoms with Gasteiger partial charge in [-0.2, -0.15) is 0 Å². The molecule has 1 aromatic heterocycles. The fourth-order valence-electron chi connectivity index (χ4n) is 2.20. The Bertz CT molecular complexity index is 626. The second-order valence-electron chi connectivity index (χ2n) is 4.79. The van der Waals surface area contributed by atoms with Gasteiger partial charge < -0.3 is 9.72 Å². The number of aromatic amines is 1. The van der Waals surface area contributed by atoms with E-state index < -0.39 is 0 Å². The normalized spacial score (nSPS) is 11.2. The van der Waals surface area contributed by atoms with Gasteiger partial charge in [-0.3, -0.25) is 4.79 Å². The monoisotopic (exact) mass is 245 g/mol. The van der Waals surface area contributed by atoms with Crippen molar-refractivity contribution in [2.75, 3.05) is 0 Å². The zero-order chi connectivity index (χ0) is 13.3. The van der Waals surface area contributed by atoms with Gasteiger partial charge >= 0.3 is 0 Å². The molecule has 0 aliphatic heterocycles. The van der Waals surface area contributed by atoms with Crippen LogP contribution in [0.1, 0.15) is 32.0 Å². The lowest BCUT2D eigenvalue weighted by molar-refractivity contribution is 0.243. The molecule has 0 saturated carbocycles. The molecule has 2 aromatic rings. The quantitative estimate of drug-likeness (QED) is 0.902. The highest BCUT2D eigenvalue weighted by atomic mass is 16.5. The van der Waals surface area contributed by atoms with Gasteiger partial charge in [0.05, 0.1) is 6.10 Å². The molecule has 1 aromatic carbocycles. The van der Waals surface area contributed by atoms with Gasteiger partial charge in [-0.1, -0.05) is 6.92 Å². The minimum absolute atomic E-state index is 0.109. The molecule has 0 radical (unpaired) electrons. The molecule has 3 heteroatoms. The zero-order valence-corrected chi connectivity index (χ0v) is 11.3. The molecule has 3 nitrogen and oxygen atoms in total. The third-order valence-electron chi connectivity index (χ3n) is 3.01. The van der Waals surface area contributed by atoms with E-state index in [2.05, 4.69) is 4.98 Å². The summed E-state index contributed by atoms with van der Waals surface area (Å²) < 4.78 is 5.63. The van der Waals surface area contributed by atoms with Crippen molar-refractivity contribution in [1.29, 1.82) is 0 Å². The molecule has 0 spiro atoms. The smallest absolute Gasteiger partial charge is 0.192 e. The first-order valence-electron chi connectivity index (χ1n) is 6.35. The van der Waals surface area contributed by atoms with Crippen molar-refractivity contribution < 1.29 is 4.74 Å². The van der Waals surface area contributed by atoms with Crippen molar-refractivity contribution >= 4 is 10.9 Å². The van der Waals surface area contributed by atoms with Crippen LogP contribution in [0, 0.1) is 6.92 Å². The number of aromatic nitrogens is 1. The minimum Gasteiger partial charge on any atom is -0.491 e. The van der Waals surface area contributed by atoms with E-state index in [1.54, 1.807) is 0 Å². The van der Waals surface area contributed by atoms with Crippen molar-refractivity contribution in [3.05, 3.63) is 39.7 Å². The first-order chi connectivity index (χ1) is 8.52. The van der Waals surface area contributed by atoms with E-state index in [1.807, 2.05) is 45.9 Å². The average Bonchev–Trinajstić information content (AvgIpc) is 2.30. The average molecular weight is 245 g/mol. The van der Waals surface area contributed by atoms with Crippen LogP contribution in [0.5, 0.6) is 5.75 Å². The van der Waals surface area contributed by atoms with Gasteiger partial charge in [-0.25, -0.2) is 0 Å². The molecule has 0 aliphatic rings. The van der Waals surface area contributed by atoms with Crippen molar-refractivity contribution in [3.63, 3.8) is 0 Å². The number of hydrogen-bond acceptors (Lipinski definition) is 2. The van der Waals surface area contributed by atoms with E-state index in [9.17, 15) is 4.79 Å². The number of fused-ring (bicyclic) bond motifs is 1. The summed E-state index contributed by atoms with van der Waals surface area (Å²) in [4.78, 5) is 15.6. The van der Waals surface area contributed by atoms with E-state index >= 15 is 0 Å². The summed E-state index contributed by atoms with van der Waals surface area (Å²) in [7, 11) is 0. The first kappa shape index (κ1) is 12.7. The number of aryl methyl sites for hydroxylation is 1. The molecule has 0 fully saturated rings. The van der Waals surface area contributed by atoms with E-state index in [-0.39, 0.29) is 11.5 Å². The van der Waals surface area contributed by atoms with Crippen LogP contribution in [-0.2, 0) is 6.42 Å². The third kappa shape index (κ3) is 2.26. The molecule has 0 unspecified atom stereocenters. The highest BCUT2D eigenvalue weighted by molar-refractivity contribution is 5.81. The van der Waals surface area contributed by atoms with E-state index in [4.69, 9.17) is 4.74 Å². The van der Waals surface area contributed by atoms with Crippen LogP contribution in [-0.4, -0.2) is 11.1 Å². The van der Waals surface area contributed by atoms with E-state index in [0.717, 1.165) is 28.9 Å². The number of ether oxygens (including phenoxy) is 1. The maximum Gasteiger partial charge on any atom is 0.192 e. The van der Waals surface area contributed by atoms with Crippen LogP contribution < -0.4 is 10.2 Å². The Kier molecular flexibility index (Phi) is 3.41. The van der Waals surface area contributed by atoms with Crippen LogP contribution in [0.4, 0.5) is 0 Å². The summed E-state index contributed by atoms with van der Waals surface area (Å²) in [5.74, 6) is 0.744. The lowest BCUT2D eigenvalue weighted by Crippen LogP contribution is -2.13. The maximum atomic E-state index is 12.3. The van der Waals surface area contributed by atoms with Gasteiger partial charge in [0.25, 0.3) is 0 Å². The zero-order valence-electron chi connectivity index (χ0n) is 11.3. The Labute approximate surface area is 107 Å². The minimum atomic E-state index is 0.109. The lowest BCUT2D eigenvalue weighted by atomic mass is 10.1. The van der Waals surface area contributed by atoms with Gasteiger partial charge in [0.15, 0.2) is 5.43 Å². The van der Waals surface area contributed by atoms with Gasteiger partial charge in [0.2, 0.25) is 0 Å². The Morgan fingerprint density at radius 1 is 1.33 bits per heavy atom. The van der Waals surface area contributed by atoms with Crippen molar-refractivity contribution in [2.45, 2.75) is 40.2 Å². The second-order valence-corrected chi connectivity index (χ2v) is 4.79. The van der Waals surface area contributed by atoms with Crippen LogP contribution >= 0.6 is 0 Å². The van der Waals surface area contributed by atoms with Crippen LogP contribution in [0.2, 0.25) is 0 Å². The molecule has 0 amide bonds. The number of nitrogens with one attached hydrogen (secondary N) is 1. The molecule has 1 N–H and O–H groups in total. The summed E-state index contributed by atoms with van der Waals surface area (Å²) in [6.45, 7) is 7.89. The van der Waals surface area contributed by atoms with Crippen molar-refractivity contribution in [2.24, 2.45) is 0 Å². The lowest BCUT2D eigenvalue weighted by Gasteiger charge is -2.11. The predicted molar refractivity (Wildman–Crippen MR) is 74.4 cm³/mol. The molecule has 2 rings (SSSR count). The third-order valence-corrected chi connectivity index (χ3v) is 3.01. The SMILES string of the molecule is CCc1c(C)[nH]c2ccc(OC(C)C)cc2c1=O. The largest absolute Gasteiger partial charge is 0.491 e. The molecule has 1 heterocycles. The van der Waals surface area contributed by atoms with Gasteiger partial charge in [0.1, 0.15) is 5.75 Å². The fraction of sp³-hybridized carbons (Fsp3) is 0.400. The number of pyridine rings is 1. The van der Waals surface area contributed by atoms with Crippen LogP contribution in [0.3, 0.4) is 0 Å². The van der Waals surface area contributed by atoms with Gasteiger partial charge in [-0.05, 0) is 45.4 Å². The highest BCUT2D eigenvalue weighted by Gasteiger charge is 2.09. The molecular formula is C15H19NO2. The van der Waals surface area contributed by atoms with Crippen LogP contribution in [0.25, 0.3) is 10.9 Å². The van der Waals surface area contributed by atoms with E-state index in [1.165, 1.54) is 0 Å². The Morgan fingerprint density at radius 3 is 2.67 bits per heavy atom. The Balaban J connectivity index is 2.65. The molecular weight excluding hydrogens is 226 g/mol. The summed E-state index contributed by atoms with van der Waals surface area (Å²) in [6.07, 6.45) is 0.851.